The Labute approximate surface area is 52.3 Å². The van der Waals surface area contributed by atoms with E-state index in [0.29, 0.717) is 11.5 Å². The second kappa shape index (κ2) is 1.81. The van der Waals surface area contributed by atoms with Crippen LogP contribution in [-0.2, 0) is 0 Å². The lowest BCUT2D eigenvalue weighted by Gasteiger charge is -1.85. The third kappa shape index (κ3) is 0.933. The summed E-state index contributed by atoms with van der Waals surface area (Å²) in [5.74, 6) is 0. The van der Waals surface area contributed by atoms with E-state index in [1.165, 1.54) is 0 Å². The molecule has 2 nitrogen and oxygen atoms in total. The van der Waals surface area contributed by atoms with Crippen LogP contribution >= 0.6 is 24.4 Å². The standard InChI is InChI=1S/C3H4N2S2/c6-2-1-4-5-3(2)7/h4H,1H2,(H,5,7). The van der Waals surface area contributed by atoms with Gasteiger partial charge >= 0.3 is 0 Å². The van der Waals surface area contributed by atoms with Crippen molar-refractivity contribution in [2.24, 2.45) is 0 Å². The zero-order valence-corrected chi connectivity index (χ0v) is 5.16. The second-order valence-corrected chi connectivity index (χ2v) is 2.13. The minimum Gasteiger partial charge on any atom is -0.311 e. The molecule has 1 aliphatic heterocycles. The third-order valence-electron chi connectivity index (χ3n) is 0.704. The molecule has 0 aromatic rings. The topological polar surface area (TPSA) is 24.1 Å². The molecule has 0 aliphatic carbocycles. The fourth-order valence-corrected chi connectivity index (χ4v) is 0.622. The van der Waals surface area contributed by atoms with Crippen LogP contribution in [0.15, 0.2) is 0 Å². The molecule has 1 saturated heterocycles. The minimum absolute atomic E-state index is 0.662. The molecule has 1 aliphatic rings. The normalized spacial score (nSPS) is 20.0. The van der Waals surface area contributed by atoms with Gasteiger partial charge in [-0.15, -0.1) is 0 Å². The van der Waals surface area contributed by atoms with E-state index in [9.17, 15) is 0 Å². The lowest BCUT2D eigenvalue weighted by molar-refractivity contribution is 0.777. The average Bonchev–Trinajstić information content (AvgIpc) is 1.91. The van der Waals surface area contributed by atoms with Gasteiger partial charge in [-0.25, -0.2) is 5.43 Å². The van der Waals surface area contributed by atoms with E-state index < -0.39 is 0 Å². The van der Waals surface area contributed by atoms with Crippen molar-refractivity contribution in [3.8, 4) is 0 Å². The van der Waals surface area contributed by atoms with E-state index in [4.69, 9.17) is 24.4 Å². The van der Waals surface area contributed by atoms with Crippen molar-refractivity contribution in [2.45, 2.75) is 0 Å². The highest BCUT2D eigenvalue weighted by atomic mass is 32.1. The summed E-state index contributed by atoms with van der Waals surface area (Å²) in [6.45, 7) is 0.703. The Balaban J connectivity index is 2.65. The molecule has 0 spiro atoms. The van der Waals surface area contributed by atoms with Crippen molar-refractivity contribution in [1.29, 1.82) is 0 Å². The van der Waals surface area contributed by atoms with Crippen LogP contribution in [0, 0.1) is 0 Å². The summed E-state index contributed by atoms with van der Waals surface area (Å²) < 4.78 is 0. The summed E-state index contributed by atoms with van der Waals surface area (Å²) in [6, 6.07) is 0. The van der Waals surface area contributed by atoms with Crippen LogP contribution in [0.1, 0.15) is 0 Å². The fraction of sp³-hybridized carbons (Fsp3) is 0.333. The Morgan fingerprint density at radius 3 is 2.29 bits per heavy atom. The number of hydrazine groups is 1. The highest BCUT2D eigenvalue weighted by Crippen LogP contribution is 1.83. The molecular weight excluding hydrogens is 128 g/mol. The number of hydrogen-bond acceptors (Lipinski definition) is 3. The molecule has 0 aromatic heterocycles. The number of hydrogen-bond donors (Lipinski definition) is 2. The maximum Gasteiger partial charge on any atom is 0.128 e. The molecule has 0 amide bonds. The second-order valence-electron chi connectivity index (χ2n) is 1.23. The third-order valence-corrected chi connectivity index (χ3v) is 1.53. The number of rotatable bonds is 0. The summed E-state index contributed by atoms with van der Waals surface area (Å²) >= 11 is 9.50. The van der Waals surface area contributed by atoms with Gasteiger partial charge in [-0.05, 0) is 0 Å². The molecule has 0 unspecified atom stereocenters. The molecular formula is C3H4N2S2. The molecule has 7 heavy (non-hydrogen) atoms. The molecule has 0 bridgehead atoms. The predicted octanol–water partition coefficient (Wildman–Crippen LogP) is -0.209. The molecule has 4 heteroatoms. The van der Waals surface area contributed by atoms with Crippen LogP contribution in [0.5, 0.6) is 0 Å². The minimum atomic E-state index is 0.662. The first-order valence-corrected chi connectivity index (χ1v) is 2.68. The maximum atomic E-state index is 4.78. The highest BCUT2D eigenvalue weighted by Gasteiger charge is 2.08. The number of nitrogens with one attached hydrogen (secondary N) is 2. The maximum absolute atomic E-state index is 4.78. The average molecular weight is 132 g/mol. The van der Waals surface area contributed by atoms with E-state index in [-0.39, 0.29) is 0 Å². The number of thiocarbonyl (C=S) groups is 2. The van der Waals surface area contributed by atoms with Gasteiger partial charge in [-0.3, -0.25) is 0 Å². The van der Waals surface area contributed by atoms with E-state index in [1.54, 1.807) is 0 Å². The van der Waals surface area contributed by atoms with E-state index in [0.717, 1.165) is 4.86 Å². The monoisotopic (exact) mass is 132 g/mol. The van der Waals surface area contributed by atoms with Crippen molar-refractivity contribution in [1.82, 2.24) is 10.9 Å². The summed E-state index contributed by atoms with van der Waals surface area (Å²) in [6.07, 6.45) is 0. The molecule has 1 fully saturated rings. The first kappa shape index (κ1) is 5.08. The molecule has 0 atom stereocenters. The van der Waals surface area contributed by atoms with Crippen LogP contribution in [0.2, 0.25) is 0 Å². The van der Waals surface area contributed by atoms with Gasteiger partial charge in [0.15, 0.2) is 0 Å². The summed E-state index contributed by atoms with van der Waals surface area (Å²) in [4.78, 5) is 1.46. The Kier molecular flexibility index (Phi) is 1.32. The molecule has 0 radical (unpaired) electrons. The lowest BCUT2D eigenvalue weighted by Crippen LogP contribution is -2.24. The predicted molar refractivity (Wildman–Crippen MR) is 36.3 cm³/mol. The van der Waals surface area contributed by atoms with Crippen molar-refractivity contribution in [3.05, 3.63) is 0 Å². The Bertz CT molecular complexity index is 106. The summed E-state index contributed by atoms with van der Waals surface area (Å²) in [5, 5.41) is 0. The van der Waals surface area contributed by atoms with Gasteiger partial charge < -0.3 is 5.43 Å². The van der Waals surface area contributed by atoms with Gasteiger partial charge in [0.25, 0.3) is 0 Å². The zero-order valence-electron chi connectivity index (χ0n) is 3.52. The van der Waals surface area contributed by atoms with Gasteiger partial charge in [-0.2, -0.15) is 0 Å². The Hall–Kier alpha value is -0.0600. The Morgan fingerprint density at radius 2 is 2.14 bits per heavy atom. The molecule has 0 aromatic carbocycles. The van der Waals surface area contributed by atoms with E-state index >= 15 is 0 Å². The fourth-order valence-electron chi connectivity index (χ4n) is 0.355. The largest absolute Gasteiger partial charge is 0.311 e. The molecule has 38 valence electrons. The summed E-state index contributed by atoms with van der Waals surface area (Å²) in [5.41, 5.74) is 5.50. The van der Waals surface area contributed by atoms with E-state index in [1.807, 2.05) is 0 Å². The van der Waals surface area contributed by atoms with Crippen molar-refractivity contribution >= 4 is 34.3 Å². The van der Waals surface area contributed by atoms with Crippen LogP contribution < -0.4 is 10.9 Å². The Morgan fingerprint density at radius 1 is 1.43 bits per heavy atom. The van der Waals surface area contributed by atoms with Crippen molar-refractivity contribution in [2.75, 3.05) is 6.54 Å². The van der Waals surface area contributed by atoms with Gasteiger partial charge in [0.05, 0.1) is 11.4 Å². The van der Waals surface area contributed by atoms with Gasteiger partial charge in [0, 0.05) is 0 Å². The molecule has 1 rings (SSSR count). The van der Waals surface area contributed by atoms with Gasteiger partial charge in [0.2, 0.25) is 0 Å². The van der Waals surface area contributed by atoms with Crippen molar-refractivity contribution in [3.63, 3.8) is 0 Å². The van der Waals surface area contributed by atoms with Crippen LogP contribution in [-0.4, -0.2) is 16.4 Å². The van der Waals surface area contributed by atoms with Crippen molar-refractivity contribution < 1.29 is 0 Å². The quantitative estimate of drug-likeness (QED) is 0.445. The highest BCUT2D eigenvalue weighted by molar-refractivity contribution is 7.89. The van der Waals surface area contributed by atoms with Crippen LogP contribution in [0.3, 0.4) is 0 Å². The van der Waals surface area contributed by atoms with Gasteiger partial charge in [-0.1, -0.05) is 24.4 Å². The van der Waals surface area contributed by atoms with Crippen LogP contribution in [0.4, 0.5) is 0 Å². The first-order chi connectivity index (χ1) is 3.30. The zero-order chi connectivity index (χ0) is 5.28. The molecule has 0 saturated carbocycles. The van der Waals surface area contributed by atoms with Crippen LogP contribution in [0.25, 0.3) is 0 Å². The van der Waals surface area contributed by atoms with E-state index in [2.05, 4.69) is 10.9 Å². The molecule has 2 N–H and O–H groups in total. The SMILES string of the molecule is S=C1CNNC1=S. The van der Waals surface area contributed by atoms with Gasteiger partial charge in [0.1, 0.15) is 4.99 Å². The first-order valence-electron chi connectivity index (χ1n) is 1.87. The molecule has 1 heterocycles. The lowest BCUT2D eigenvalue weighted by atomic mass is 10.5. The smallest absolute Gasteiger partial charge is 0.128 e. The summed E-state index contributed by atoms with van der Waals surface area (Å²) in [7, 11) is 0.